The average Bonchev–Trinajstić information content (AvgIpc) is 2.16. The first-order valence-electron chi connectivity index (χ1n) is 5.43. The van der Waals surface area contributed by atoms with E-state index >= 15 is 0 Å². The van der Waals surface area contributed by atoms with Crippen molar-refractivity contribution < 1.29 is 5.11 Å². The lowest BCUT2D eigenvalue weighted by Crippen LogP contribution is -2.24. The number of rotatable bonds is 4. The van der Waals surface area contributed by atoms with Gasteiger partial charge in [-0.2, -0.15) is 0 Å². The van der Waals surface area contributed by atoms with Gasteiger partial charge in [0.1, 0.15) is 0 Å². The molecule has 0 aliphatic rings. The van der Waals surface area contributed by atoms with Gasteiger partial charge >= 0.3 is 0 Å². The molecule has 0 radical (unpaired) electrons. The van der Waals surface area contributed by atoms with Gasteiger partial charge in [-0.3, -0.25) is 0 Å². The Bertz CT molecular complexity index is 309. The molecule has 0 amide bonds. The highest BCUT2D eigenvalue weighted by Gasteiger charge is 2.17. The van der Waals surface area contributed by atoms with Crippen molar-refractivity contribution in [3.05, 3.63) is 34.9 Å². The fourth-order valence-electron chi connectivity index (χ4n) is 1.54. The summed E-state index contributed by atoms with van der Waals surface area (Å²) in [6.07, 6.45) is 0.392. The van der Waals surface area contributed by atoms with E-state index in [1.807, 2.05) is 24.3 Å². The molecule has 0 spiro atoms. The van der Waals surface area contributed by atoms with Crippen molar-refractivity contribution in [2.24, 2.45) is 11.8 Å². The summed E-state index contributed by atoms with van der Waals surface area (Å²) in [5, 5.41) is 10.7. The minimum Gasteiger partial charge on any atom is -0.392 e. The molecule has 0 aromatic heterocycles. The van der Waals surface area contributed by atoms with E-state index in [-0.39, 0.29) is 6.10 Å². The van der Waals surface area contributed by atoms with Crippen molar-refractivity contribution in [3.8, 4) is 0 Å². The van der Waals surface area contributed by atoms with Crippen molar-refractivity contribution in [1.82, 2.24) is 0 Å². The van der Waals surface area contributed by atoms with E-state index in [0.717, 1.165) is 10.6 Å². The number of hydrogen-bond acceptors (Lipinski definition) is 1. The second kappa shape index (κ2) is 5.53. The molecule has 0 bridgehead atoms. The molecule has 1 aromatic carbocycles. The molecule has 0 saturated carbocycles. The normalized spacial score (nSPS) is 15.3. The van der Waals surface area contributed by atoms with Crippen LogP contribution in [0.2, 0.25) is 5.02 Å². The van der Waals surface area contributed by atoms with Gasteiger partial charge in [-0.05, 0) is 36.0 Å². The van der Waals surface area contributed by atoms with Gasteiger partial charge in [0, 0.05) is 5.02 Å². The van der Waals surface area contributed by atoms with Crippen molar-refractivity contribution in [2.75, 3.05) is 0 Å². The third kappa shape index (κ3) is 3.84. The van der Waals surface area contributed by atoms with Crippen LogP contribution in [0, 0.1) is 11.8 Å². The molecule has 84 valence electrons. The van der Waals surface area contributed by atoms with Crippen LogP contribution in [-0.4, -0.2) is 11.2 Å². The minimum absolute atomic E-state index is 0.288. The highest BCUT2D eigenvalue weighted by molar-refractivity contribution is 6.30. The van der Waals surface area contributed by atoms with Crippen LogP contribution in [0.1, 0.15) is 26.3 Å². The first-order valence-corrected chi connectivity index (χ1v) is 5.81. The quantitative estimate of drug-likeness (QED) is 0.833. The Morgan fingerprint density at radius 1 is 1.27 bits per heavy atom. The van der Waals surface area contributed by atoms with Crippen LogP contribution < -0.4 is 0 Å². The molecule has 1 rings (SSSR count). The molecular formula is C13H19ClO. The van der Waals surface area contributed by atoms with E-state index in [1.165, 1.54) is 0 Å². The van der Waals surface area contributed by atoms with Crippen LogP contribution in [0.3, 0.4) is 0 Å². The van der Waals surface area contributed by atoms with E-state index in [4.69, 9.17) is 11.6 Å². The monoisotopic (exact) mass is 226 g/mol. The Hall–Kier alpha value is -0.530. The van der Waals surface area contributed by atoms with Crippen LogP contribution in [0.4, 0.5) is 0 Å². The zero-order valence-corrected chi connectivity index (χ0v) is 10.3. The zero-order chi connectivity index (χ0) is 11.4. The Kier molecular flexibility index (Phi) is 4.62. The van der Waals surface area contributed by atoms with Crippen molar-refractivity contribution in [3.63, 3.8) is 0 Å². The maximum Gasteiger partial charge on any atom is 0.0608 e. The highest BCUT2D eigenvalue weighted by atomic mass is 35.5. The summed E-state index contributed by atoms with van der Waals surface area (Å²) >= 11 is 5.89. The van der Waals surface area contributed by atoms with Crippen LogP contribution in [-0.2, 0) is 6.42 Å². The molecule has 0 aliphatic carbocycles. The number of hydrogen-bond donors (Lipinski definition) is 1. The van der Waals surface area contributed by atoms with Crippen LogP contribution in [0.25, 0.3) is 0 Å². The maximum atomic E-state index is 9.99. The Balaban J connectivity index is 2.62. The van der Waals surface area contributed by atoms with Crippen molar-refractivity contribution >= 4 is 11.6 Å². The summed E-state index contributed by atoms with van der Waals surface area (Å²) in [6, 6.07) is 7.69. The summed E-state index contributed by atoms with van der Waals surface area (Å²) in [6.45, 7) is 6.34. The number of aliphatic hydroxyl groups excluding tert-OH is 1. The summed E-state index contributed by atoms with van der Waals surface area (Å²) in [5.41, 5.74) is 1.10. The summed E-state index contributed by atoms with van der Waals surface area (Å²) in [5.74, 6) is 0.808. The SMILES string of the molecule is CC(C)C(C)C(O)Cc1cccc(Cl)c1. The molecule has 1 nitrogen and oxygen atoms in total. The molecule has 0 saturated heterocycles. The van der Waals surface area contributed by atoms with Crippen molar-refractivity contribution in [2.45, 2.75) is 33.3 Å². The van der Waals surface area contributed by atoms with Gasteiger partial charge in [-0.15, -0.1) is 0 Å². The van der Waals surface area contributed by atoms with Crippen LogP contribution >= 0.6 is 11.6 Å². The predicted octanol–water partition coefficient (Wildman–Crippen LogP) is 3.54. The largest absolute Gasteiger partial charge is 0.392 e. The smallest absolute Gasteiger partial charge is 0.0608 e. The second-order valence-electron chi connectivity index (χ2n) is 4.50. The lowest BCUT2D eigenvalue weighted by molar-refractivity contribution is 0.0922. The molecule has 0 heterocycles. The number of benzene rings is 1. The van der Waals surface area contributed by atoms with E-state index < -0.39 is 0 Å². The highest BCUT2D eigenvalue weighted by Crippen LogP contribution is 2.19. The molecule has 2 atom stereocenters. The average molecular weight is 227 g/mol. The first-order chi connectivity index (χ1) is 7.00. The molecule has 2 heteroatoms. The van der Waals surface area contributed by atoms with Gasteiger partial charge in [-0.1, -0.05) is 44.5 Å². The molecular weight excluding hydrogens is 208 g/mol. The minimum atomic E-state index is -0.288. The van der Waals surface area contributed by atoms with Crippen molar-refractivity contribution in [1.29, 1.82) is 0 Å². The lowest BCUT2D eigenvalue weighted by Gasteiger charge is -2.22. The van der Waals surface area contributed by atoms with E-state index in [2.05, 4.69) is 20.8 Å². The number of aliphatic hydroxyl groups is 1. The fraction of sp³-hybridized carbons (Fsp3) is 0.538. The van der Waals surface area contributed by atoms with Crippen LogP contribution in [0.5, 0.6) is 0 Å². The Morgan fingerprint density at radius 3 is 2.47 bits per heavy atom. The van der Waals surface area contributed by atoms with E-state index in [9.17, 15) is 5.11 Å². The van der Waals surface area contributed by atoms with Gasteiger partial charge in [0.05, 0.1) is 6.10 Å². The molecule has 0 aliphatic heterocycles. The molecule has 1 N–H and O–H groups in total. The number of halogens is 1. The third-order valence-electron chi connectivity index (χ3n) is 2.99. The second-order valence-corrected chi connectivity index (χ2v) is 4.94. The summed E-state index contributed by atoms with van der Waals surface area (Å²) in [7, 11) is 0. The van der Waals surface area contributed by atoms with Gasteiger partial charge in [-0.25, -0.2) is 0 Å². The topological polar surface area (TPSA) is 20.2 Å². The maximum absolute atomic E-state index is 9.99. The third-order valence-corrected chi connectivity index (χ3v) is 3.23. The Morgan fingerprint density at radius 2 is 1.93 bits per heavy atom. The molecule has 2 unspecified atom stereocenters. The van der Waals surface area contributed by atoms with Gasteiger partial charge in [0.2, 0.25) is 0 Å². The van der Waals surface area contributed by atoms with E-state index in [1.54, 1.807) is 0 Å². The zero-order valence-electron chi connectivity index (χ0n) is 9.57. The molecule has 1 aromatic rings. The van der Waals surface area contributed by atoms with E-state index in [0.29, 0.717) is 18.3 Å². The predicted molar refractivity (Wildman–Crippen MR) is 65.2 cm³/mol. The standard InChI is InChI=1S/C13H19ClO/c1-9(2)10(3)13(15)8-11-5-4-6-12(14)7-11/h4-7,9-10,13,15H,8H2,1-3H3. The van der Waals surface area contributed by atoms with Gasteiger partial charge in [0.15, 0.2) is 0 Å². The van der Waals surface area contributed by atoms with Crippen LogP contribution in [0.15, 0.2) is 24.3 Å². The molecule has 0 fully saturated rings. The Labute approximate surface area is 97.1 Å². The van der Waals surface area contributed by atoms with Gasteiger partial charge < -0.3 is 5.11 Å². The fourth-order valence-corrected chi connectivity index (χ4v) is 1.75. The first kappa shape index (κ1) is 12.5. The van der Waals surface area contributed by atoms with Gasteiger partial charge in [0.25, 0.3) is 0 Å². The summed E-state index contributed by atoms with van der Waals surface area (Å²) < 4.78 is 0. The summed E-state index contributed by atoms with van der Waals surface area (Å²) in [4.78, 5) is 0. The lowest BCUT2D eigenvalue weighted by atomic mass is 9.89. The molecule has 15 heavy (non-hydrogen) atoms.